The number of hydrogen-bond acceptors (Lipinski definition) is 5. The number of hydrogen-bond donors (Lipinski definition) is 0. The summed E-state index contributed by atoms with van der Waals surface area (Å²) >= 11 is 0. The quantitative estimate of drug-likeness (QED) is 0.715. The van der Waals surface area contributed by atoms with Gasteiger partial charge in [0.15, 0.2) is 5.82 Å². The number of aromatic nitrogens is 3. The molecule has 1 saturated heterocycles. The molecule has 3 heterocycles. The van der Waals surface area contributed by atoms with Gasteiger partial charge in [0.25, 0.3) is 0 Å². The van der Waals surface area contributed by atoms with Gasteiger partial charge in [0.1, 0.15) is 12.2 Å². The molecular weight excluding hydrogens is 336 g/mol. The molecule has 0 N–H and O–H groups in total. The second-order valence-electron chi connectivity index (χ2n) is 8.35. The van der Waals surface area contributed by atoms with E-state index in [-0.39, 0.29) is 18.4 Å². The second-order valence-corrected chi connectivity index (χ2v) is 8.35. The first kappa shape index (κ1) is 16.2. The maximum atomic E-state index is 12.6. The van der Waals surface area contributed by atoms with E-state index in [0.717, 1.165) is 25.7 Å². The van der Waals surface area contributed by atoms with E-state index in [0.29, 0.717) is 44.3 Å². The lowest BCUT2D eigenvalue weighted by Crippen LogP contribution is -2.53. The van der Waals surface area contributed by atoms with Crippen molar-refractivity contribution in [1.29, 1.82) is 0 Å². The third kappa shape index (κ3) is 2.62. The van der Waals surface area contributed by atoms with E-state index in [2.05, 4.69) is 5.10 Å². The summed E-state index contributed by atoms with van der Waals surface area (Å²) in [6.45, 7) is 2.20. The Balaban J connectivity index is 1.39. The summed E-state index contributed by atoms with van der Waals surface area (Å²) in [6.07, 6.45) is 6.04. The summed E-state index contributed by atoms with van der Waals surface area (Å²) in [5, 5.41) is 4.40. The van der Waals surface area contributed by atoms with Crippen molar-refractivity contribution < 1.29 is 9.53 Å². The molecule has 1 spiro atoms. The average molecular weight is 360 g/mol. The molecule has 0 bridgehead atoms. The zero-order chi connectivity index (χ0) is 17.9. The molecule has 0 unspecified atom stereocenters. The van der Waals surface area contributed by atoms with Crippen LogP contribution in [-0.2, 0) is 29.2 Å². The number of nitrogens with zero attached hydrogens (tertiary/aromatic N) is 4. The van der Waals surface area contributed by atoms with Gasteiger partial charge in [-0.1, -0.05) is 6.42 Å². The fourth-order valence-electron chi connectivity index (χ4n) is 4.31. The summed E-state index contributed by atoms with van der Waals surface area (Å²) in [6, 6.07) is 0. The molecule has 2 aliphatic carbocycles. The Bertz CT molecular complexity index is 867. The molecule has 1 aromatic heterocycles. The van der Waals surface area contributed by atoms with Crippen molar-refractivity contribution in [2.75, 3.05) is 13.1 Å². The predicted molar refractivity (Wildman–Crippen MR) is 91.5 cm³/mol. The standard InChI is InChI=1S/C18H24N4O4/c23-15(13-4-5-13)20-7-6-18(10-20)11-21-14(9-26-18)19-22(17(25)16(21)24)8-12-2-1-3-12/h12-13H,1-11H2/t18-/m1/s1. The minimum Gasteiger partial charge on any atom is -0.363 e. The van der Waals surface area contributed by atoms with Crippen molar-refractivity contribution in [1.82, 2.24) is 19.2 Å². The maximum absolute atomic E-state index is 12.6. The Morgan fingerprint density at radius 2 is 1.96 bits per heavy atom. The zero-order valence-electron chi connectivity index (χ0n) is 14.9. The highest BCUT2D eigenvalue weighted by Gasteiger charge is 2.47. The number of carbonyl (C=O) groups excluding carboxylic acids is 1. The number of ether oxygens (including phenoxy) is 1. The molecule has 3 fully saturated rings. The summed E-state index contributed by atoms with van der Waals surface area (Å²) in [5.41, 5.74) is -1.61. The zero-order valence-corrected chi connectivity index (χ0v) is 14.9. The summed E-state index contributed by atoms with van der Waals surface area (Å²) in [5.74, 6) is 1.36. The van der Waals surface area contributed by atoms with Crippen LogP contribution in [0.25, 0.3) is 0 Å². The van der Waals surface area contributed by atoms with Crippen LogP contribution < -0.4 is 11.1 Å². The normalized spacial score (nSPS) is 28.2. The van der Waals surface area contributed by atoms with E-state index in [1.165, 1.54) is 15.7 Å². The molecule has 2 saturated carbocycles. The SMILES string of the molecule is O=C(C1CC1)N1CC[C@@]2(C1)Cn1c(nn(CC3CCC3)c(=O)c1=O)CO2. The van der Waals surface area contributed by atoms with Crippen molar-refractivity contribution in [2.45, 2.75) is 63.8 Å². The fourth-order valence-corrected chi connectivity index (χ4v) is 4.31. The van der Waals surface area contributed by atoms with Gasteiger partial charge in [0.2, 0.25) is 5.91 Å². The van der Waals surface area contributed by atoms with Gasteiger partial charge < -0.3 is 9.64 Å². The van der Waals surface area contributed by atoms with Crippen molar-refractivity contribution in [2.24, 2.45) is 11.8 Å². The van der Waals surface area contributed by atoms with Crippen LogP contribution in [0.1, 0.15) is 44.3 Å². The average Bonchev–Trinajstić information content (AvgIpc) is 3.37. The molecule has 8 nitrogen and oxygen atoms in total. The van der Waals surface area contributed by atoms with Gasteiger partial charge >= 0.3 is 11.1 Å². The molecule has 1 amide bonds. The Kier molecular flexibility index (Phi) is 3.60. The van der Waals surface area contributed by atoms with Crippen LogP contribution in [0.15, 0.2) is 9.59 Å². The highest BCUT2D eigenvalue weighted by Crippen LogP contribution is 2.36. The molecular formula is C18H24N4O4. The van der Waals surface area contributed by atoms with Crippen molar-refractivity contribution >= 4 is 5.91 Å². The van der Waals surface area contributed by atoms with Gasteiger partial charge in [-0.15, -0.1) is 0 Å². The number of rotatable bonds is 3. The van der Waals surface area contributed by atoms with E-state index >= 15 is 0 Å². The Labute approximate surface area is 150 Å². The highest BCUT2D eigenvalue weighted by atomic mass is 16.5. The van der Waals surface area contributed by atoms with Gasteiger partial charge in [-0.05, 0) is 38.0 Å². The van der Waals surface area contributed by atoms with Crippen LogP contribution >= 0.6 is 0 Å². The van der Waals surface area contributed by atoms with Crippen LogP contribution in [0.5, 0.6) is 0 Å². The van der Waals surface area contributed by atoms with E-state index in [9.17, 15) is 14.4 Å². The lowest BCUT2D eigenvalue weighted by Gasteiger charge is -2.35. The molecule has 26 heavy (non-hydrogen) atoms. The molecule has 0 aromatic carbocycles. The topological polar surface area (TPSA) is 86.4 Å². The summed E-state index contributed by atoms with van der Waals surface area (Å²) < 4.78 is 8.91. The largest absolute Gasteiger partial charge is 0.363 e. The van der Waals surface area contributed by atoms with Crippen LogP contribution in [0.4, 0.5) is 0 Å². The summed E-state index contributed by atoms with van der Waals surface area (Å²) in [4.78, 5) is 39.3. The molecule has 1 aromatic rings. The fraction of sp³-hybridized carbons (Fsp3) is 0.778. The third-order valence-electron chi connectivity index (χ3n) is 6.37. The van der Waals surface area contributed by atoms with Gasteiger partial charge in [0.05, 0.1) is 13.1 Å². The Hall–Kier alpha value is -1.96. The van der Waals surface area contributed by atoms with Gasteiger partial charge in [-0.3, -0.25) is 19.0 Å². The van der Waals surface area contributed by atoms with E-state index in [1.807, 2.05) is 4.90 Å². The van der Waals surface area contributed by atoms with Crippen LogP contribution in [0.2, 0.25) is 0 Å². The summed E-state index contributed by atoms with van der Waals surface area (Å²) in [7, 11) is 0. The number of carbonyl (C=O) groups is 1. The Morgan fingerprint density at radius 3 is 2.65 bits per heavy atom. The molecule has 1 atom stereocenters. The number of likely N-dealkylation sites (tertiary alicyclic amines) is 1. The first-order valence-electron chi connectivity index (χ1n) is 9.68. The molecule has 8 heteroatoms. The smallest absolute Gasteiger partial charge is 0.332 e. The van der Waals surface area contributed by atoms with E-state index in [1.54, 1.807) is 0 Å². The first-order chi connectivity index (χ1) is 12.5. The van der Waals surface area contributed by atoms with E-state index < -0.39 is 16.7 Å². The molecule has 2 aliphatic heterocycles. The lowest BCUT2D eigenvalue weighted by atomic mass is 9.85. The third-order valence-corrected chi connectivity index (χ3v) is 6.37. The van der Waals surface area contributed by atoms with Crippen LogP contribution in [0.3, 0.4) is 0 Å². The minimum absolute atomic E-state index is 0.184. The van der Waals surface area contributed by atoms with E-state index in [4.69, 9.17) is 4.74 Å². The van der Waals surface area contributed by atoms with Gasteiger partial charge in [0, 0.05) is 19.0 Å². The molecule has 0 radical (unpaired) electrons. The maximum Gasteiger partial charge on any atom is 0.332 e. The van der Waals surface area contributed by atoms with Crippen molar-refractivity contribution in [3.63, 3.8) is 0 Å². The predicted octanol–water partition coefficient (Wildman–Crippen LogP) is 0.116. The van der Waals surface area contributed by atoms with Gasteiger partial charge in [-0.25, -0.2) is 4.68 Å². The second kappa shape index (κ2) is 5.77. The first-order valence-corrected chi connectivity index (χ1v) is 9.68. The lowest BCUT2D eigenvalue weighted by molar-refractivity contribution is -0.134. The van der Waals surface area contributed by atoms with Crippen LogP contribution in [-0.4, -0.2) is 43.8 Å². The highest BCUT2D eigenvalue weighted by molar-refractivity contribution is 5.81. The molecule has 140 valence electrons. The Morgan fingerprint density at radius 1 is 1.15 bits per heavy atom. The van der Waals surface area contributed by atoms with Gasteiger partial charge in [-0.2, -0.15) is 5.10 Å². The number of amides is 1. The van der Waals surface area contributed by atoms with Crippen molar-refractivity contribution in [3.05, 3.63) is 26.5 Å². The van der Waals surface area contributed by atoms with Crippen molar-refractivity contribution in [3.8, 4) is 0 Å². The minimum atomic E-state index is -0.560. The number of fused-ring (bicyclic) bond motifs is 1. The van der Waals surface area contributed by atoms with Crippen LogP contribution in [0, 0.1) is 11.8 Å². The molecule has 4 aliphatic rings. The monoisotopic (exact) mass is 360 g/mol. The molecule has 5 rings (SSSR count).